The summed E-state index contributed by atoms with van der Waals surface area (Å²) in [6.45, 7) is 7.18. The van der Waals surface area contributed by atoms with E-state index in [1.54, 1.807) is 22.5 Å². The van der Waals surface area contributed by atoms with Crippen molar-refractivity contribution in [1.82, 2.24) is 8.87 Å². The van der Waals surface area contributed by atoms with Gasteiger partial charge >= 0.3 is 0 Å². The number of halogens is 2. The van der Waals surface area contributed by atoms with E-state index in [1.807, 2.05) is 38.1 Å². The molecule has 0 spiro atoms. The van der Waals surface area contributed by atoms with E-state index in [4.69, 9.17) is 11.6 Å². The van der Waals surface area contributed by atoms with Crippen LogP contribution in [0.5, 0.6) is 0 Å². The largest absolute Gasteiger partial charge is 0.340 e. The molecule has 0 atom stereocenters. The highest BCUT2D eigenvalue weighted by Crippen LogP contribution is 2.39. The van der Waals surface area contributed by atoms with Gasteiger partial charge in [-0.3, -0.25) is 0 Å². The number of hydrogen-bond acceptors (Lipinski definition) is 2. The lowest BCUT2D eigenvalue weighted by molar-refractivity contribution is 0.319. The van der Waals surface area contributed by atoms with Gasteiger partial charge in [-0.25, -0.2) is 12.8 Å². The molecule has 0 saturated carbocycles. The van der Waals surface area contributed by atoms with Gasteiger partial charge in [-0.15, -0.1) is 0 Å². The second-order valence-corrected chi connectivity index (χ2v) is 12.1. The van der Waals surface area contributed by atoms with Crippen molar-refractivity contribution in [2.75, 3.05) is 13.1 Å². The molecule has 2 heterocycles. The average molecular weight is 525 g/mol. The number of fused-ring (bicyclic) bond motifs is 1. The first-order valence-electron chi connectivity index (χ1n) is 12.3. The molecule has 3 aromatic carbocycles. The van der Waals surface area contributed by atoms with Crippen molar-refractivity contribution >= 4 is 32.5 Å². The minimum Gasteiger partial charge on any atom is -0.340 e. The van der Waals surface area contributed by atoms with E-state index in [0.29, 0.717) is 35.1 Å². The van der Waals surface area contributed by atoms with E-state index < -0.39 is 10.0 Å². The van der Waals surface area contributed by atoms with E-state index in [2.05, 4.69) is 23.6 Å². The Kier molecular flexibility index (Phi) is 6.70. The second kappa shape index (κ2) is 9.66. The molecule has 1 saturated heterocycles. The summed E-state index contributed by atoms with van der Waals surface area (Å²) in [5.41, 5.74) is 5.64. The topological polar surface area (TPSA) is 42.3 Å². The molecule has 5 rings (SSSR count). The van der Waals surface area contributed by atoms with Crippen LogP contribution in [-0.4, -0.2) is 30.4 Å². The number of nitrogens with zero attached hydrogens (tertiary/aromatic N) is 2. The lowest BCUT2D eigenvalue weighted by atomic mass is 9.88. The molecule has 1 aliphatic rings. The molecule has 0 bridgehead atoms. The van der Waals surface area contributed by atoms with Gasteiger partial charge in [-0.05, 0) is 74.9 Å². The van der Waals surface area contributed by atoms with Gasteiger partial charge in [0.2, 0.25) is 10.0 Å². The first kappa shape index (κ1) is 25.0. The van der Waals surface area contributed by atoms with Crippen molar-refractivity contribution in [1.29, 1.82) is 0 Å². The van der Waals surface area contributed by atoms with Gasteiger partial charge in [0, 0.05) is 40.3 Å². The number of aryl methyl sites for hydroxylation is 2. The Morgan fingerprint density at radius 2 is 1.69 bits per heavy atom. The predicted molar refractivity (Wildman–Crippen MR) is 144 cm³/mol. The number of aromatic nitrogens is 1. The summed E-state index contributed by atoms with van der Waals surface area (Å²) in [5.74, 6) is -0.0936. The average Bonchev–Trinajstić information content (AvgIpc) is 3.12. The first-order valence-corrected chi connectivity index (χ1v) is 14.1. The molecular weight excluding hydrogens is 495 g/mol. The van der Waals surface area contributed by atoms with Gasteiger partial charge in [-0.1, -0.05) is 53.6 Å². The SMILES string of the molecule is Cc1ccc(S(=O)(=O)N2CCC(c3c(C)n(Cc4c(F)cccc4Cl)c4ccccc34)CC2)c(C)c1. The lowest BCUT2D eigenvalue weighted by Gasteiger charge is -2.32. The number of para-hydroxylation sites is 1. The molecule has 1 fully saturated rings. The molecule has 0 aliphatic carbocycles. The summed E-state index contributed by atoms with van der Waals surface area (Å²) in [6.07, 6.45) is 1.47. The zero-order valence-corrected chi connectivity index (χ0v) is 22.3. The standard InChI is InChI=1S/C29H30ClFN2O2S/c1-19-11-12-28(20(2)17-19)36(34,35)32-15-13-22(14-16-32)29-21(3)33(27-10-5-4-7-23(27)29)18-24-25(30)8-6-9-26(24)31/h4-12,17,22H,13-16,18H2,1-3H3. The monoisotopic (exact) mass is 524 g/mol. The maximum absolute atomic E-state index is 14.6. The van der Waals surface area contributed by atoms with Crippen LogP contribution in [0.25, 0.3) is 10.9 Å². The van der Waals surface area contributed by atoms with Crippen molar-refractivity contribution in [3.05, 3.63) is 99.5 Å². The van der Waals surface area contributed by atoms with Crippen LogP contribution in [-0.2, 0) is 16.6 Å². The van der Waals surface area contributed by atoms with Gasteiger partial charge < -0.3 is 4.57 Å². The first-order chi connectivity index (χ1) is 17.2. The Morgan fingerprint density at radius 1 is 0.972 bits per heavy atom. The van der Waals surface area contributed by atoms with Crippen molar-refractivity contribution in [3.8, 4) is 0 Å². The normalized spacial score (nSPS) is 15.6. The Labute approximate surface area is 217 Å². The van der Waals surface area contributed by atoms with Crippen molar-refractivity contribution in [3.63, 3.8) is 0 Å². The zero-order chi connectivity index (χ0) is 25.6. The molecule has 4 aromatic rings. The Balaban J connectivity index is 1.45. The Hall–Kier alpha value is -2.67. The third-order valence-corrected chi connectivity index (χ3v) is 9.88. The molecule has 0 N–H and O–H groups in total. The quantitative estimate of drug-likeness (QED) is 0.283. The van der Waals surface area contributed by atoms with Crippen LogP contribution in [0.1, 0.15) is 46.7 Å². The molecule has 1 aromatic heterocycles. The van der Waals surface area contributed by atoms with E-state index in [0.717, 1.165) is 40.6 Å². The summed E-state index contributed by atoms with van der Waals surface area (Å²) >= 11 is 6.35. The van der Waals surface area contributed by atoms with Crippen LogP contribution >= 0.6 is 11.6 Å². The maximum atomic E-state index is 14.6. The Bertz CT molecular complexity index is 1530. The Morgan fingerprint density at radius 3 is 2.39 bits per heavy atom. The van der Waals surface area contributed by atoms with Gasteiger partial charge in [0.05, 0.1) is 11.4 Å². The highest BCUT2D eigenvalue weighted by molar-refractivity contribution is 7.89. The smallest absolute Gasteiger partial charge is 0.243 e. The van der Waals surface area contributed by atoms with E-state index in [1.165, 1.54) is 11.6 Å². The number of benzene rings is 3. The highest BCUT2D eigenvalue weighted by atomic mass is 35.5. The fourth-order valence-corrected chi connectivity index (χ4v) is 7.53. The summed E-state index contributed by atoms with van der Waals surface area (Å²) in [5, 5.41) is 1.55. The zero-order valence-electron chi connectivity index (χ0n) is 20.8. The molecule has 1 aliphatic heterocycles. The van der Waals surface area contributed by atoms with Crippen molar-refractivity contribution < 1.29 is 12.8 Å². The third-order valence-electron chi connectivity index (χ3n) is 7.47. The number of hydrogen-bond donors (Lipinski definition) is 0. The van der Waals surface area contributed by atoms with Gasteiger partial charge in [-0.2, -0.15) is 4.31 Å². The number of rotatable bonds is 5. The summed E-state index contributed by atoms with van der Waals surface area (Å²) < 4.78 is 45.1. The van der Waals surface area contributed by atoms with Crippen LogP contribution in [0.2, 0.25) is 5.02 Å². The van der Waals surface area contributed by atoms with Crippen LogP contribution in [0.15, 0.2) is 65.6 Å². The van der Waals surface area contributed by atoms with Crippen LogP contribution in [0.4, 0.5) is 4.39 Å². The maximum Gasteiger partial charge on any atom is 0.243 e. The van der Waals surface area contributed by atoms with Crippen LogP contribution in [0.3, 0.4) is 0 Å². The summed E-state index contributed by atoms with van der Waals surface area (Å²) in [6, 6.07) is 18.4. The van der Waals surface area contributed by atoms with Crippen molar-refractivity contribution in [2.24, 2.45) is 0 Å². The lowest BCUT2D eigenvalue weighted by Crippen LogP contribution is -2.38. The fourth-order valence-electron chi connectivity index (χ4n) is 5.63. The predicted octanol–water partition coefficient (Wildman–Crippen LogP) is 6.98. The number of sulfonamides is 1. The minimum atomic E-state index is -3.54. The third kappa shape index (κ3) is 4.36. The van der Waals surface area contributed by atoms with Crippen molar-refractivity contribution in [2.45, 2.75) is 51.0 Å². The summed E-state index contributed by atoms with van der Waals surface area (Å²) in [4.78, 5) is 0.390. The fraction of sp³-hybridized carbons (Fsp3) is 0.310. The van der Waals surface area contributed by atoms with Gasteiger partial charge in [0.15, 0.2) is 0 Å². The molecule has 188 valence electrons. The highest BCUT2D eigenvalue weighted by Gasteiger charge is 2.33. The van der Waals surface area contributed by atoms with Gasteiger partial charge in [0.25, 0.3) is 0 Å². The molecule has 0 amide bonds. The molecule has 0 radical (unpaired) electrons. The number of piperidine rings is 1. The molecule has 0 unspecified atom stereocenters. The van der Waals surface area contributed by atoms with E-state index in [-0.39, 0.29) is 11.7 Å². The molecule has 4 nitrogen and oxygen atoms in total. The minimum absolute atomic E-state index is 0.220. The second-order valence-electron chi connectivity index (χ2n) is 9.75. The molecule has 7 heteroatoms. The summed E-state index contributed by atoms with van der Waals surface area (Å²) in [7, 11) is -3.54. The van der Waals surface area contributed by atoms with E-state index in [9.17, 15) is 12.8 Å². The van der Waals surface area contributed by atoms with Crippen LogP contribution in [0, 0.1) is 26.6 Å². The van der Waals surface area contributed by atoms with E-state index >= 15 is 0 Å². The molecule has 36 heavy (non-hydrogen) atoms. The molecular formula is C29H30ClFN2O2S. The van der Waals surface area contributed by atoms with Crippen LogP contribution < -0.4 is 0 Å². The van der Waals surface area contributed by atoms with Gasteiger partial charge in [0.1, 0.15) is 5.82 Å².